The summed E-state index contributed by atoms with van der Waals surface area (Å²) in [6, 6.07) is 46.5. The molecule has 7 aromatic rings. The molecule has 5 aromatic carbocycles. The maximum Gasteiger partial charge on any atom is 0.164 e. The number of pyridine rings is 1. The summed E-state index contributed by atoms with van der Waals surface area (Å²) in [6.07, 6.45) is 7.21. The Balaban J connectivity index is 1.44. The summed E-state index contributed by atoms with van der Waals surface area (Å²) >= 11 is 0. The molecule has 0 amide bonds. The third-order valence-corrected chi connectivity index (χ3v) is 8.54. The smallest absolute Gasteiger partial charge is 0.164 e. The van der Waals surface area contributed by atoms with Gasteiger partial charge in [-0.25, -0.2) is 15.0 Å². The number of rotatable bonds is 8. The van der Waals surface area contributed by atoms with Crippen molar-refractivity contribution in [1.29, 1.82) is 0 Å². The zero-order valence-electron chi connectivity index (χ0n) is 27.4. The quantitative estimate of drug-likeness (QED) is 0.170. The van der Waals surface area contributed by atoms with E-state index < -0.39 is 0 Å². The monoisotopic (exact) mass is 620 g/mol. The molecule has 0 fully saturated rings. The third kappa shape index (κ3) is 6.60. The third-order valence-electron chi connectivity index (χ3n) is 8.54. The number of hydrogen-bond acceptors (Lipinski definition) is 4. The zero-order chi connectivity index (χ0) is 32.9. The Labute approximate surface area is 282 Å². The largest absolute Gasteiger partial charge is 0.261 e. The van der Waals surface area contributed by atoms with Crippen molar-refractivity contribution < 1.29 is 0 Å². The lowest BCUT2D eigenvalue weighted by Crippen LogP contribution is -2.00. The van der Waals surface area contributed by atoms with Crippen molar-refractivity contribution in [3.63, 3.8) is 0 Å². The highest BCUT2D eigenvalue weighted by atomic mass is 15.0. The van der Waals surface area contributed by atoms with Gasteiger partial charge in [0, 0.05) is 34.1 Å². The first-order valence-electron chi connectivity index (χ1n) is 16.4. The average Bonchev–Trinajstić information content (AvgIpc) is 3.15. The predicted molar refractivity (Wildman–Crippen MR) is 199 cm³/mol. The van der Waals surface area contributed by atoms with E-state index in [1.54, 1.807) is 0 Å². The molecule has 7 rings (SSSR count). The van der Waals surface area contributed by atoms with E-state index in [1.807, 2.05) is 73.8 Å². The number of benzene rings is 5. The molecule has 0 aliphatic heterocycles. The first-order chi connectivity index (χ1) is 23.6. The summed E-state index contributed by atoms with van der Waals surface area (Å²) in [5.74, 6) is 1.91. The van der Waals surface area contributed by atoms with Crippen molar-refractivity contribution in [3.05, 3.63) is 163 Å². The van der Waals surface area contributed by atoms with Gasteiger partial charge in [-0.05, 0) is 95.6 Å². The number of aromatic nitrogens is 4. The predicted octanol–water partition coefficient (Wildman–Crippen LogP) is 11.2. The maximum atomic E-state index is 5.08. The van der Waals surface area contributed by atoms with E-state index in [9.17, 15) is 0 Å². The topological polar surface area (TPSA) is 51.6 Å². The van der Waals surface area contributed by atoms with Crippen LogP contribution in [0.4, 0.5) is 0 Å². The second kappa shape index (κ2) is 13.8. The Kier molecular flexibility index (Phi) is 8.80. The lowest BCUT2D eigenvalue weighted by molar-refractivity contribution is 1.07. The van der Waals surface area contributed by atoms with Gasteiger partial charge in [0.15, 0.2) is 17.5 Å². The molecular weight excluding hydrogens is 585 g/mol. The zero-order valence-corrected chi connectivity index (χ0v) is 27.4. The highest BCUT2D eigenvalue weighted by Gasteiger charge is 2.15. The minimum absolute atomic E-state index is 0.628. The van der Waals surface area contributed by atoms with Gasteiger partial charge in [-0.3, -0.25) is 4.98 Å². The summed E-state index contributed by atoms with van der Waals surface area (Å²) in [4.78, 5) is 19.6. The molecule has 0 aliphatic rings. The van der Waals surface area contributed by atoms with Crippen LogP contribution in [0.1, 0.15) is 30.7 Å². The summed E-state index contributed by atoms with van der Waals surface area (Å²) in [7, 11) is 0. The Hall–Kier alpha value is -6.00. The fourth-order valence-electron chi connectivity index (χ4n) is 5.98. The van der Waals surface area contributed by atoms with E-state index >= 15 is 0 Å². The number of nitrogens with zero attached hydrogens (tertiary/aromatic N) is 4. The molecule has 0 saturated carbocycles. The number of allylic oxidation sites excluding steroid dienone is 1. The fourth-order valence-corrected chi connectivity index (χ4v) is 5.98. The van der Waals surface area contributed by atoms with Crippen LogP contribution in [0.15, 0.2) is 146 Å². The van der Waals surface area contributed by atoms with Crippen molar-refractivity contribution in [2.24, 2.45) is 0 Å². The minimum atomic E-state index is 0.628. The second-order valence-corrected chi connectivity index (χ2v) is 11.9. The van der Waals surface area contributed by atoms with E-state index in [4.69, 9.17) is 15.0 Å². The van der Waals surface area contributed by atoms with Crippen LogP contribution < -0.4 is 0 Å². The summed E-state index contributed by atoms with van der Waals surface area (Å²) in [5.41, 5.74) is 13.0. The molecule has 0 aliphatic carbocycles. The van der Waals surface area contributed by atoms with Crippen molar-refractivity contribution in [2.45, 2.75) is 27.2 Å². The summed E-state index contributed by atoms with van der Waals surface area (Å²) in [5, 5.41) is 0. The van der Waals surface area contributed by atoms with Gasteiger partial charge in [-0.15, -0.1) is 0 Å². The molecule has 48 heavy (non-hydrogen) atoms. The van der Waals surface area contributed by atoms with Gasteiger partial charge in [0.25, 0.3) is 0 Å². The SMILES string of the molecule is C/C=C\c1cc(-c2cc(-c3cccc(-c4ccc(C)nc4)c3)cc(-c3nc(-c4ccccc4)nc(-c4ccccc4)n3)c2)ccc1CC. The van der Waals surface area contributed by atoms with Gasteiger partial charge < -0.3 is 0 Å². The van der Waals surface area contributed by atoms with Crippen LogP contribution >= 0.6 is 0 Å². The molecule has 4 heteroatoms. The van der Waals surface area contributed by atoms with Crippen molar-refractivity contribution in [2.75, 3.05) is 0 Å². The van der Waals surface area contributed by atoms with Crippen LogP contribution in [0.2, 0.25) is 0 Å². The molecule has 0 saturated heterocycles. The molecule has 4 nitrogen and oxygen atoms in total. The van der Waals surface area contributed by atoms with Gasteiger partial charge in [-0.2, -0.15) is 0 Å². The van der Waals surface area contributed by atoms with Gasteiger partial charge >= 0.3 is 0 Å². The van der Waals surface area contributed by atoms with E-state index in [2.05, 4.69) is 104 Å². The van der Waals surface area contributed by atoms with E-state index in [0.717, 1.165) is 62.2 Å². The van der Waals surface area contributed by atoms with Crippen LogP contribution in [0, 0.1) is 6.92 Å². The van der Waals surface area contributed by atoms with Crippen LogP contribution in [-0.2, 0) is 6.42 Å². The second-order valence-electron chi connectivity index (χ2n) is 11.9. The van der Waals surface area contributed by atoms with Gasteiger partial charge in [0.05, 0.1) is 0 Å². The average molecular weight is 621 g/mol. The first-order valence-corrected chi connectivity index (χ1v) is 16.4. The van der Waals surface area contributed by atoms with Gasteiger partial charge in [0.1, 0.15) is 0 Å². The standard InChI is InChI=1S/C44H36N4/c1-4-13-34-24-37(23-22-31(34)5-2)40-26-39(36-19-12-18-35(25-36)38-21-20-30(3)45-29-38)27-41(28-40)44-47-42(32-14-8-6-9-15-32)46-43(48-44)33-16-10-7-11-17-33/h4,6-29H,5H2,1-3H3/b13-4-. The lowest BCUT2D eigenvalue weighted by atomic mass is 9.92. The van der Waals surface area contributed by atoms with Crippen molar-refractivity contribution in [3.8, 4) is 67.5 Å². The normalized spacial score (nSPS) is 11.2. The Morgan fingerprint density at radius 1 is 0.479 bits per heavy atom. The van der Waals surface area contributed by atoms with E-state index in [-0.39, 0.29) is 0 Å². The van der Waals surface area contributed by atoms with E-state index in [0.29, 0.717) is 17.5 Å². The fraction of sp³-hybridized carbons (Fsp3) is 0.0909. The van der Waals surface area contributed by atoms with E-state index in [1.165, 1.54) is 11.1 Å². The number of aryl methyl sites for hydroxylation is 2. The molecule has 232 valence electrons. The van der Waals surface area contributed by atoms with Crippen LogP contribution in [0.25, 0.3) is 73.6 Å². The maximum absolute atomic E-state index is 5.08. The number of hydrogen-bond donors (Lipinski definition) is 0. The highest BCUT2D eigenvalue weighted by molar-refractivity contribution is 5.83. The molecule has 0 spiro atoms. The van der Waals surface area contributed by atoms with Gasteiger partial charge in [0.2, 0.25) is 0 Å². The minimum Gasteiger partial charge on any atom is -0.261 e. The molecule has 0 N–H and O–H groups in total. The first kappa shape index (κ1) is 30.6. The molecule has 0 bridgehead atoms. The summed E-state index contributed by atoms with van der Waals surface area (Å²) < 4.78 is 0. The Morgan fingerprint density at radius 3 is 1.54 bits per heavy atom. The van der Waals surface area contributed by atoms with Crippen LogP contribution in [0.5, 0.6) is 0 Å². The molecule has 2 aromatic heterocycles. The van der Waals surface area contributed by atoms with Crippen molar-refractivity contribution >= 4 is 6.08 Å². The molecule has 2 heterocycles. The molecule has 0 atom stereocenters. The van der Waals surface area contributed by atoms with Crippen LogP contribution in [-0.4, -0.2) is 19.9 Å². The van der Waals surface area contributed by atoms with Crippen LogP contribution in [0.3, 0.4) is 0 Å². The summed E-state index contributed by atoms with van der Waals surface area (Å²) in [6.45, 7) is 6.28. The highest BCUT2D eigenvalue weighted by Crippen LogP contribution is 2.35. The van der Waals surface area contributed by atoms with Crippen molar-refractivity contribution in [1.82, 2.24) is 19.9 Å². The molecular formula is C44H36N4. The van der Waals surface area contributed by atoms with Gasteiger partial charge in [-0.1, -0.05) is 116 Å². The molecule has 0 unspecified atom stereocenters. The Bertz CT molecular complexity index is 2160. The Morgan fingerprint density at radius 2 is 0.979 bits per heavy atom. The molecule has 0 radical (unpaired) electrons. The lowest BCUT2D eigenvalue weighted by Gasteiger charge is -2.14.